The molecule has 1 unspecified atom stereocenters. The van der Waals surface area contributed by atoms with Gasteiger partial charge >= 0.3 is 0 Å². The molecule has 0 saturated heterocycles. The average Bonchev–Trinajstić information content (AvgIpc) is 1.48. The topological polar surface area (TPSA) is 13.0 Å². The summed E-state index contributed by atoms with van der Waals surface area (Å²) < 4.78 is 0. The van der Waals surface area contributed by atoms with E-state index in [1.54, 1.807) is 0 Å². The number of nitrogens with zero attached hydrogens (tertiary/aromatic N) is 4. The number of hydrogen-bond donors (Lipinski definition) is 0. The van der Waals surface area contributed by atoms with Crippen molar-refractivity contribution in [2.75, 3.05) is 19.6 Å². The van der Waals surface area contributed by atoms with Crippen molar-refractivity contribution < 1.29 is 0 Å². The second-order valence-corrected chi connectivity index (χ2v) is 25.2. The van der Waals surface area contributed by atoms with E-state index in [0.29, 0.717) is 5.25 Å². The number of para-hydroxylation sites is 4. The van der Waals surface area contributed by atoms with E-state index in [2.05, 4.69) is 390 Å². The van der Waals surface area contributed by atoms with E-state index in [-0.39, 0.29) is 0 Å². The molecule has 0 amide bonds. The normalized spacial score (nSPS) is 12.7. The van der Waals surface area contributed by atoms with Crippen LogP contribution in [0.15, 0.2) is 370 Å². The number of hydrogen-bond acceptors (Lipinski definition) is 6. The van der Waals surface area contributed by atoms with Crippen LogP contribution >= 0.6 is 23.1 Å². The molecule has 92 heavy (non-hydrogen) atoms. The Kier molecular flexibility index (Phi) is 16.5. The molecule has 1 aliphatic heterocycles. The molecule has 2 heterocycles. The second kappa shape index (κ2) is 26.5. The van der Waals surface area contributed by atoms with Gasteiger partial charge in [-0.05, 0) is 209 Å². The molecule has 0 fully saturated rings. The van der Waals surface area contributed by atoms with Gasteiger partial charge in [0.25, 0.3) is 0 Å². The first-order valence-electron chi connectivity index (χ1n) is 31.3. The molecule has 0 saturated carbocycles. The smallest absolute Gasteiger partial charge is 0.0463 e. The molecule has 0 radical (unpaired) electrons. The first-order valence-corrected chi connectivity index (χ1v) is 33.0. The molecule has 0 N–H and O–H groups in total. The van der Waals surface area contributed by atoms with Gasteiger partial charge < -0.3 is 19.6 Å². The van der Waals surface area contributed by atoms with Crippen LogP contribution < -0.4 is 19.6 Å². The molecule has 13 aromatic carbocycles. The Morgan fingerprint density at radius 3 is 0.750 bits per heavy atom. The van der Waals surface area contributed by atoms with Gasteiger partial charge in [0.2, 0.25) is 0 Å². The zero-order valence-electron chi connectivity index (χ0n) is 50.6. The van der Waals surface area contributed by atoms with Crippen molar-refractivity contribution in [2.45, 2.75) is 11.7 Å². The minimum atomic E-state index is 0.400. The van der Waals surface area contributed by atoms with Gasteiger partial charge in [0.05, 0.1) is 0 Å². The van der Waals surface area contributed by atoms with Crippen LogP contribution in [0.5, 0.6) is 0 Å². The Labute approximate surface area is 548 Å². The van der Waals surface area contributed by atoms with Gasteiger partial charge in [-0.2, -0.15) is 0 Å². The minimum absolute atomic E-state index is 0.400. The molecular weight excluding hydrogens is 1150 g/mol. The number of benzene rings is 13. The van der Waals surface area contributed by atoms with Crippen LogP contribution in [0.2, 0.25) is 0 Å². The quantitative estimate of drug-likeness (QED) is 0.0847. The fourth-order valence-electron chi connectivity index (χ4n) is 12.4. The monoisotopic (exact) mass is 1220 g/mol. The molecule has 0 spiro atoms. The van der Waals surface area contributed by atoms with Crippen LogP contribution in [-0.4, -0.2) is 0 Å². The molecule has 1 atom stereocenters. The van der Waals surface area contributed by atoms with Crippen molar-refractivity contribution in [3.63, 3.8) is 0 Å². The van der Waals surface area contributed by atoms with Crippen molar-refractivity contribution in [1.82, 2.24) is 0 Å². The summed E-state index contributed by atoms with van der Waals surface area (Å²) in [5.74, 6) is 0. The Morgan fingerprint density at radius 1 is 0.207 bits per heavy atom. The third kappa shape index (κ3) is 12.3. The minimum Gasteiger partial charge on any atom is -0.311 e. The molecule has 15 rings (SSSR count). The molecule has 0 bridgehead atoms. The zero-order chi connectivity index (χ0) is 61.4. The highest BCUT2D eigenvalue weighted by atomic mass is 32.2. The summed E-state index contributed by atoms with van der Waals surface area (Å²) in [4.78, 5) is 13.2. The SMILES string of the molecule is C1=C(c2ccccc2)SC(c2ccc(N(c3ccccc3)c3ccc(N(c4ccccc4)c4ccc(-c5ccc(-c6ccc(N(c7ccccc7)c7ccc(N(c8ccccc8)c8ccc(-c9ccc(-c%10ccccc%10)s9)cc8)cc7)cc6)cc5)cc4)cc3)cc2)C1. The summed E-state index contributed by atoms with van der Waals surface area (Å²) in [6, 6.07) is 131. The maximum atomic E-state index is 2.39. The lowest BCUT2D eigenvalue weighted by atomic mass is 9.99. The molecule has 1 aromatic heterocycles. The number of anilines is 12. The van der Waals surface area contributed by atoms with Gasteiger partial charge in [-0.25, -0.2) is 0 Å². The number of thioether (sulfide) groups is 1. The number of thiophene rings is 1. The Bertz CT molecular complexity index is 4720. The van der Waals surface area contributed by atoms with Crippen molar-refractivity contribution >= 4 is 96.3 Å². The molecule has 4 nitrogen and oxygen atoms in total. The summed E-state index contributed by atoms with van der Waals surface area (Å²) in [6.45, 7) is 0. The molecular formula is C86H64N4S2. The summed E-state index contributed by atoms with van der Waals surface area (Å²) in [7, 11) is 0. The van der Waals surface area contributed by atoms with Crippen molar-refractivity contribution in [3.8, 4) is 43.1 Å². The van der Waals surface area contributed by atoms with Gasteiger partial charge in [-0.15, -0.1) is 23.1 Å². The van der Waals surface area contributed by atoms with Crippen LogP contribution in [0, 0.1) is 0 Å². The van der Waals surface area contributed by atoms with E-state index in [1.165, 1.54) is 36.9 Å². The molecule has 440 valence electrons. The highest BCUT2D eigenvalue weighted by Crippen LogP contribution is 2.49. The van der Waals surface area contributed by atoms with Crippen molar-refractivity contribution in [1.29, 1.82) is 0 Å². The van der Waals surface area contributed by atoms with E-state index >= 15 is 0 Å². The Morgan fingerprint density at radius 2 is 0.435 bits per heavy atom. The maximum absolute atomic E-state index is 2.39. The molecule has 6 heteroatoms. The van der Waals surface area contributed by atoms with Crippen LogP contribution in [0.1, 0.15) is 22.8 Å². The Hall–Kier alpha value is -11.2. The van der Waals surface area contributed by atoms with Gasteiger partial charge in [-0.3, -0.25) is 0 Å². The van der Waals surface area contributed by atoms with Crippen molar-refractivity contribution in [2.24, 2.45) is 0 Å². The lowest BCUT2D eigenvalue weighted by Crippen LogP contribution is -2.12. The van der Waals surface area contributed by atoms with Gasteiger partial charge in [-0.1, -0.05) is 212 Å². The van der Waals surface area contributed by atoms with Gasteiger partial charge in [0, 0.05) is 88.2 Å². The summed E-state index contributed by atoms with van der Waals surface area (Å²) in [5, 5.41) is 0.400. The maximum Gasteiger partial charge on any atom is 0.0463 e. The highest BCUT2D eigenvalue weighted by molar-refractivity contribution is 8.08. The number of rotatable bonds is 18. The standard InChI is InChI=1S/C86H64N4S2/c1-7-19-67(20-8-1)83-59-61-85(91-83)69-39-47-77(48-40-69)89(73-27-15-5-16-28-73)81-55-51-79(52-56-81)87(71-23-11-3-12-24-71)75-43-35-65(36-44-75)63-31-33-64(34-32-63)66-37-45-76(46-38-66)88(72-25-13-4-14-26-72)80-53-57-82(58-54-80)90(74-29-17-6-18-30-74)78-49-41-70(42-50-78)86-62-60-84(92-86)68-21-9-2-10-22-68/h1-61,86H,62H2. The molecule has 1 aliphatic rings. The predicted octanol–water partition coefficient (Wildman–Crippen LogP) is 25.5. The van der Waals surface area contributed by atoms with Crippen molar-refractivity contribution in [3.05, 3.63) is 381 Å². The lowest BCUT2D eigenvalue weighted by Gasteiger charge is -2.28. The second-order valence-electron chi connectivity index (χ2n) is 22.8. The first-order chi connectivity index (χ1) is 45.6. The first kappa shape index (κ1) is 57.3. The highest BCUT2D eigenvalue weighted by Gasteiger charge is 2.23. The molecule has 0 aliphatic carbocycles. The summed E-state index contributed by atoms with van der Waals surface area (Å²) in [5.41, 5.74) is 22.8. The summed E-state index contributed by atoms with van der Waals surface area (Å²) in [6.07, 6.45) is 3.41. The third-order valence-corrected chi connectivity index (χ3v) is 19.6. The van der Waals surface area contributed by atoms with E-state index in [4.69, 9.17) is 0 Å². The zero-order valence-corrected chi connectivity index (χ0v) is 52.2. The predicted molar refractivity (Wildman–Crippen MR) is 394 cm³/mol. The largest absolute Gasteiger partial charge is 0.311 e. The van der Waals surface area contributed by atoms with Gasteiger partial charge in [0.1, 0.15) is 0 Å². The fourth-order valence-corrected chi connectivity index (χ4v) is 14.7. The van der Waals surface area contributed by atoms with Gasteiger partial charge in [0.15, 0.2) is 0 Å². The van der Waals surface area contributed by atoms with E-state index in [0.717, 1.165) is 96.9 Å². The van der Waals surface area contributed by atoms with E-state index < -0.39 is 0 Å². The van der Waals surface area contributed by atoms with Crippen LogP contribution in [-0.2, 0) is 0 Å². The lowest BCUT2D eigenvalue weighted by molar-refractivity contribution is 0.990. The number of allylic oxidation sites excluding steroid dienone is 1. The van der Waals surface area contributed by atoms with E-state index in [9.17, 15) is 0 Å². The Balaban J connectivity index is 0.647. The fraction of sp³-hybridized carbons (Fsp3) is 0.0233. The average molecular weight is 1220 g/mol. The summed E-state index contributed by atoms with van der Waals surface area (Å²) >= 11 is 3.79. The van der Waals surface area contributed by atoms with Crippen LogP contribution in [0.4, 0.5) is 68.2 Å². The third-order valence-electron chi connectivity index (χ3n) is 17.0. The van der Waals surface area contributed by atoms with E-state index in [1.807, 2.05) is 23.1 Å². The van der Waals surface area contributed by atoms with Crippen LogP contribution in [0.25, 0.3) is 48.0 Å². The molecule has 14 aromatic rings. The van der Waals surface area contributed by atoms with Crippen LogP contribution in [0.3, 0.4) is 0 Å².